The Morgan fingerprint density at radius 2 is 2.11 bits per heavy atom. The molecule has 1 aliphatic rings. The molecule has 106 valence electrons. The summed E-state index contributed by atoms with van der Waals surface area (Å²) in [6, 6.07) is 6.10. The number of hydrogen-bond acceptors (Lipinski definition) is 4. The van der Waals surface area contributed by atoms with Crippen LogP contribution in [0.2, 0.25) is 0 Å². The third-order valence-electron chi connectivity index (χ3n) is 3.65. The minimum absolute atomic E-state index is 0.520. The topological polar surface area (TPSA) is 58.7 Å². The van der Waals surface area contributed by atoms with Crippen molar-refractivity contribution in [2.24, 2.45) is 5.73 Å². The third kappa shape index (κ3) is 3.69. The van der Waals surface area contributed by atoms with E-state index in [9.17, 15) is 5.11 Å². The average Bonchev–Trinajstić information content (AvgIpc) is 2.39. The quantitative estimate of drug-likeness (QED) is 0.886. The van der Waals surface area contributed by atoms with Gasteiger partial charge in [0.15, 0.2) is 0 Å². The first kappa shape index (κ1) is 14.8. The summed E-state index contributed by atoms with van der Waals surface area (Å²) >= 11 is 3.53. The standard InChI is InChI=1S/C14H21BrN2O2/c1-17(10-14(18)4-6-19-7-5-14)12-3-2-11(9-16)13(15)8-12/h2-3,8,18H,4-7,9-10,16H2,1H3. The van der Waals surface area contributed by atoms with Crippen molar-refractivity contribution in [1.82, 2.24) is 0 Å². The number of rotatable bonds is 4. The van der Waals surface area contributed by atoms with Crippen molar-refractivity contribution in [2.75, 3.05) is 31.7 Å². The third-order valence-corrected chi connectivity index (χ3v) is 4.39. The molecule has 4 nitrogen and oxygen atoms in total. The highest BCUT2D eigenvalue weighted by Crippen LogP contribution is 2.27. The zero-order chi connectivity index (χ0) is 13.9. The van der Waals surface area contributed by atoms with Crippen LogP contribution in [0, 0.1) is 0 Å². The molecule has 1 aromatic carbocycles. The van der Waals surface area contributed by atoms with Gasteiger partial charge in [-0.15, -0.1) is 0 Å². The van der Waals surface area contributed by atoms with Crippen molar-refractivity contribution in [3.8, 4) is 0 Å². The van der Waals surface area contributed by atoms with E-state index < -0.39 is 5.60 Å². The number of anilines is 1. The van der Waals surface area contributed by atoms with Gasteiger partial charge in [-0.2, -0.15) is 0 Å². The van der Waals surface area contributed by atoms with Crippen molar-refractivity contribution in [2.45, 2.75) is 25.0 Å². The van der Waals surface area contributed by atoms with Gasteiger partial charge >= 0.3 is 0 Å². The molecule has 1 aliphatic heterocycles. The van der Waals surface area contributed by atoms with Gasteiger partial charge < -0.3 is 20.5 Å². The SMILES string of the molecule is CN(CC1(O)CCOCC1)c1ccc(CN)c(Br)c1. The number of hydrogen-bond donors (Lipinski definition) is 2. The maximum absolute atomic E-state index is 10.5. The summed E-state index contributed by atoms with van der Waals surface area (Å²) in [4.78, 5) is 2.08. The van der Waals surface area contributed by atoms with Crippen molar-refractivity contribution < 1.29 is 9.84 Å². The number of halogens is 1. The molecule has 1 aromatic rings. The molecular formula is C14H21BrN2O2. The van der Waals surface area contributed by atoms with Gasteiger partial charge in [0, 0.05) is 56.4 Å². The molecule has 0 unspecified atom stereocenters. The first-order valence-corrected chi connectivity index (χ1v) is 7.33. The molecule has 19 heavy (non-hydrogen) atoms. The fourth-order valence-electron chi connectivity index (χ4n) is 2.38. The molecule has 1 saturated heterocycles. The molecule has 5 heteroatoms. The van der Waals surface area contributed by atoms with Gasteiger partial charge in [-0.05, 0) is 17.7 Å². The number of aliphatic hydroxyl groups is 1. The van der Waals surface area contributed by atoms with E-state index in [0.717, 1.165) is 15.7 Å². The van der Waals surface area contributed by atoms with Crippen LogP contribution in [0.1, 0.15) is 18.4 Å². The van der Waals surface area contributed by atoms with Crippen molar-refractivity contribution in [1.29, 1.82) is 0 Å². The van der Waals surface area contributed by atoms with Gasteiger partial charge in [0.1, 0.15) is 0 Å². The summed E-state index contributed by atoms with van der Waals surface area (Å²) in [5.74, 6) is 0. The monoisotopic (exact) mass is 328 g/mol. The Hall–Kier alpha value is -0.620. The zero-order valence-corrected chi connectivity index (χ0v) is 12.8. The van der Waals surface area contributed by atoms with Crippen molar-refractivity contribution in [3.05, 3.63) is 28.2 Å². The Balaban J connectivity index is 2.06. The lowest BCUT2D eigenvalue weighted by atomic mass is 9.94. The molecule has 2 rings (SSSR count). The molecular weight excluding hydrogens is 308 g/mol. The number of benzene rings is 1. The molecule has 0 aliphatic carbocycles. The summed E-state index contributed by atoms with van der Waals surface area (Å²) in [5, 5.41) is 10.5. The normalized spacial score (nSPS) is 18.3. The molecule has 1 fully saturated rings. The first-order chi connectivity index (χ1) is 9.04. The number of likely N-dealkylation sites (N-methyl/N-ethyl adjacent to an activating group) is 1. The van der Waals surface area contributed by atoms with Crippen LogP contribution in [-0.2, 0) is 11.3 Å². The summed E-state index contributed by atoms with van der Waals surface area (Å²) in [7, 11) is 2.00. The van der Waals surface area contributed by atoms with E-state index in [1.54, 1.807) is 0 Å². The Morgan fingerprint density at radius 3 is 2.68 bits per heavy atom. The van der Waals surface area contributed by atoms with Crippen LogP contribution in [0.15, 0.2) is 22.7 Å². The van der Waals surface area contributed by atoms with Gasteiger partial charge in [0.2, 0.25) is 0 Å². The molecule has 0 atom stereocenters. The van der Waals surface area contributed by atoms with Gasteiger partial charge in [-0.1, -0.05) is 22.0 Å². The predicted octanol–water partition coefficient (Wildman–Crippen LogP) is 1.89. The van der Waals surface area contributed by atoms with E-state index in [0.29, 0.717) is 39.1 Å². The smallest absolute Gasteiger partial charge is 0.0865 e. The molecule has 0 spiro atoms. The van der Waals surface area contributed by atoms with Crippen LogP contribution in [0.4, 0.5) is 5.69 Å². The largest absolute Gasteiger partial charge is 0.388 e. The minimum Gasteiger partial charge on any atom is -0.388 e. The van der Waals surface area contributed by atoms with Crippen molar-refractivity contribution in [3.63, 3.8) is 0 Å². The molecule has 1 heterocycles. The highest BCUT2D eigenvalue weighted by Gasteiger charge is 2.31. The highest BCUT2D eigenvalue weighted by molar-refractivity contribution is 9.10. The Bertz CT molecular complexity index is 433. The van der Waals surface area contributed by atoms with Crippen LogP contribution in [0.3, 0.4) is 0 Å². The van der Waals surface area contributed by atoms with Gasteiger partial charge in [-0.25, -0.2) is 0 Å². The second-order valence-electron chi connectivity index (χ2n) is 5.17. The molecule has 0 saturated carbocycles. The van der Waals surface area contributed by atoms with Crippen LogP contribution >= 0.6 is 15.9 Å². The number of nitrogens with two attached hydrogens (primary N) is 1. The van der Waals surface area contributed by atoms with Crippen LogP contribution in [0.5, 0.6) is 0 Å². The molecule has 0 bridgehead atoms. The zero-order valence-electron chi connectivity index (χ0n) is 11.2. The summed E-state index contributed by atoms with van der Waals surface area (Å²) < 4.78 is 6.31. The summed E-state index contributed by atoms with van der Waals surface area (Å²) in [6.45, 7) is 2.41. The van der Waals surface area contributed by atoms with Gasteiger partial charge in [-0.3, -0.25) is 0 Å². The average molecular weight is 329 g/mol. The van der Waals surface area contributed by atoms with Crippen LogP contribution in [-0.4, -0.2) is 37.5 Å². The Labute approximate surface area is 122 Å². The van der Waals surface area contributed by atoms with Crippen molar-refractivity contribution >= 4 is 21.6 Å². The van der Waals surface area contributed by atoms with E-state index >= 15 is 0 Å². The van der Waals surface area contributed by atoms with Crippen LogP contribution < -0.4 is 10.6 Å². The number of ether oxygens (including phenoxy) is 1. The highest BCUT2D eigenvalue weighted by atomic mass is 79.9. The lowest BCUT2D eigenvalue weighted by Crippen LogP contribution is -2.45. The van der Waals surface area contributed by atoms with Gasteiger partial charge in [0.05, 0.1) is 5.60 Å². The van der Waals surface area contributed by atoms with E-state index in [1.807, 2.05) is 25.2 Å². The molecule has 0 amide bonds. The maximum Gasteiger partial charge on any atom is 0.0865 e. The van der Waals surface area contributed by atoms with Gasteiger partial charge in [0.25, 0.3) is 0 Å². The lowest BCUT2D eigenvalue weighted by Gasteiger charge is -2.36. The van der Waals surface area contributed by atoms with Crippen LogP contribution in [0.25, 0.3) is 0 Å². The maximum atomic E-state index is 10.5. The summed E-state index contributed by atoms with van der Waals surface area (Å²) in [6.07, 6.45) is 1.39. The van der Waals surface area contributed by atoms with E-state index in [2.05, 4.69) is 20.8 Å². The van der Waals surface area contributed by atoms with E-state index in [4.69, 9.17) is 10.5 Å². The van der Waals surface area contributed by atoms with E-state index in [-0.39, 0.29) is 0 Å². The second-order valence-corrected chi connectivity index (χ2v) is 6.03. The molecule has 0 radical (unpaired) electrons. The Kier molecular flexibility index (Phi) is 4.84. The van der Waals surface area contributed by atoms with E-state index in [1.165, 1.54) is 0 Å². The fourth-order valence-corrected chi connectivity index (χ4v) is 2.91. The lowest BCUT2D eigenvalue weighted by molar-refractivity contribution is -0.0572. The predicted molar refractivity (Wildman–Crippen MR) is 80.3 cm³/mol. The minimum atomic E-state index is -0.647. The summed E-state index contributed by atoms with van der Waals surface area (Å²) in [5.41, 5.74) is 7.16. The first-order valence-electron chi connectivity index (χ1n) is 6.54. The number of nitrogens with zero attached hydrogens (tertiary/aromatic N) is 1. The second kappa shape index (κ2) is 6.22. The molecule has 3 N–H and O–H groups in total. The Morgan fingerprint density at radius 1 is 1.42 bits per heavy atom. The fraction of sp³-hybridized carbons (Fsp3) is 0.571. The molecule has 0 aromatic heterocycles.